The van der Waals surface area contributed by atoms with Crippen LogP contribution in [-0.2, 0) is 6.42 Å². The molecule has 0 aliphatic rings. The number of nitrogens with two attached hydrogens (primary N) is 1. The maximum absolute atomic E-state index is 5.96. The van der Waals surface area contributed by atoms with Gasteiger partial charge in [-0.2, -0.15) is 0 Å². The van der Waals surface area contributed by atoms with E-state index in [-0.39, 0.29) is 6.04 Å². The molecular weight excluding hydrogens is 340 g/mol. The van der Waals surface area contributed by atoms with Gasteiger partial charge in [0.15, 0.2) is 0 Å². The molecular formula is C15H16BrClN2O. The first-order valence-corrected chi connectivity index (χ1v) is 7.58. The Morgan fingerprint density at radius 3 is 2.85 bits per heavy atom. The fourth-order valence-electron chi connectivity index (χ4n) is 1.76. The van der Waals surface area contributed by atoms with E-state index in [1.807, 2.05) is 18.3 Å². The first-order chi connectivity index (χ1) is 9.58. The van der Waals surface area contributed by atoms with Crippen LogP contribution in [0.1, 0.15) is 18.9 Å². The van der Waals surface area contributed by atoms with Crippen LogP contribution >= 0.6 is 27.5 Å². The van der Waals surface area contributed by atoms with E-state index in [0.29, 0.717) is 16.5 Å². The fourth-order valence-corrected chi connectivity index (χ4v) is 2.53. The molecule has 0 bridgehead atoms. The van der Waals surface area contributed by atoms with Gasteiger partial charge < -0.3 is 10.5 Å². The van der Waals surface area contributed by atoms with Crippen LogP contribution in [0.3, 0.4) is 0 Å². The van der Waals surface area contributed by atoms with Crippen LogP contribution < -0.4 is 10.5 Å². The summed E-state index contributed by atoms with van der Waals surface area (Å²) in [7, 11) is 0. The number of ether oxygens (including phenoxy) is 1. The van der Waals surface area contributed by atoms with Crippen molar-refractivity contribution in [1.29, 1.82) is 0 Å². The zero-order valence-electron chi connectivity index (χ0n) is 11.1. The van der Waals surface area contributed by atoms with Gasteiger partial charge in [-0.1, -0.05) is 18.5 Å². The summed E-state index contributed by atoms with van der Waals surface area (Å²) in [5.74, 6) is 1.39. The summed E-state index contributed by atoms with van der Waals surface area (Å²) in [6, 6.07) is 7.50. The molecule has 2 aromatic rings. The minimum Gasteiger partial charge on any atom is -0.455 e. The molecule has 0 radical (unpaired) electrons. The summed E-state index contributed by atoms with van der Waals surface area (Å²) >= 11 is 9.33. The van der Waals surface area contributed by atoms with Crippen LogP contribution in [0, 0.1) is 0 Å². The van der Waals surface area contributed by atoms with Crippen LogP contribution in [-0.4, -0.2) is 11.0 Å². The zero-order valence-corrected chi connectivity index (χ0v) is 13.5. The van der Waals surface area contributed by atoms with Crippen LogP contribution in [0.5, 0.6) is 11.5 Å². The van der Waals surface area contributed by atoms with Crippen molar-refractivity contribution in [1.82, 2.24) is 4.98 Å². The molecule has 0 aliphatic carbocycles. The maximum Gasteiger partial charge on any atom is 0.146 e. The fraction of sp³-hybridized carbons (Fsp3) is 0.267. The number of pyridine rings is 1. The molecule has 0 saturated carbocycles. The Bertz CT molecular complexity index is 592. The summed E-state index contributed by atoms with van der Waals surface area (Å²) < 4.78 is 6.62. The monoisotopic (exact) mass is 354 g/mol. The highest BCUT2D eigenvalue weighted by atomic mass is 79.9. The summed E-state index contributed by atoms with van der Waals surface area (Å²) in [6.07, 6.45) is 5.23. The average Bonchev–Trinajstić information content (AvgIpc) is 2.42. The number of rotatable bonds is 5. The van der Waals surface area contributed by atoms with Crippen molar-refractivity contribution >= 4 is 27.5 Å². The number of halogens is 2. The number of nitrogens with zero attached hydrogens (tertiary/aromatic N) is 1. The first-order valence-electron chi connectivity index (χ1n) is 6.41. The van der Waals surface area contributed by atoms with Gasteiger partial charge in [0, 0.05) is 17.3 Å². The Labute approximate surface area is 132 Å². The van der Waals surface area contributed by atoms with Gasteiger partial charge in [-0.3, -0.25) is 4.98 Å². The average molecular weight is 356 g/mol. The van der Waals surface area contributed by atoms with Gasteiger partial charge in [0.25, 0.3) is 0 Å². The molecule has 2 N–H and O–H groups in total. The Kier molecular flexibility index (Phi) is 5.40. The summed E-state index contributed by atoms with van der Waals surface area (Å²) in [5, 5.41) is 0.657. The standard InChI is InChI=1S/C15H16BrClN2O/c1-2-12(18)5-10-6-13(9-19-8-10)20-15-4-3-11(17)7-14(15)16/h3-4,6-9,12H,2,5,18H2,1H3. The van der Waals surface area contributed by atoms with Crippen LogP contribution in [0.15, 0.2) is 41.1 Å². The molecule has 1 unspecified atom stereocenters. The third-order valence-electron chi connectivity index (χ3n) is 2.91. The van der Waals surface area contributed by atoms with E-state index in [0.717, 1.165) is 22.9 Å². The zero-order chi connectivity index (χ0) is 14.5. The Morgan fingerprint density at radius 2 is 2.15 bits per heavy atom. The van der Waals surface area contributed by atoms with E-state index in [4.69, 9.17) is 22.1 Å². The minimum atomic E-state index is 0.148. The van der Waals surface area contributed by atoms with Crippen molar-refractivity contribution in [3.05, 3.63) is 51.7 Å². The van der Waals surface area contributed by atoms with Crippen LogP contribution in [0.2, 0.25) is 5.02 Å². The Morgan fingerprint density at radius 1 is 1.35 bits per heavy atom. The van der Waals surface area contributed by atoms with Gasteiger partial charge in [0.05, 0.1) is 10.7 Å². The molecule has 1 aromatic heterocycles. The summed E-state index contributed by atoms with van der Waals surface area (Å²) in [6.45, 7) is 2.07. The molecule has 0 amide bonds. The third kappa shape index (κ3) is 4.20. The van der Waals surface area contributed by atoms with Gasteiger partial charge >= 0.3 is 0 Å². The van der Waals surface area contributed by atoms with Gasteiger partial charge in [0.2, 0.25) is 0 Å². The molecule has 106 valence electrons. The minimum absolute atomic E-state index is 0.148. The van der Waals surface area contributed by atoms with Gasteiger partial charge in [0.1, 0.15) is 11.5 Å². The highest BCUT2D eigenvalue weighted by Crippen LogP contribution is 2.31. The predicted octanol–water partition coefficient (Wildman–Crippen LogP) is 4.57. The molecule has 0 fully saturated rings. The Balaban J connectivity index is 2.15. The molecule has 1 aromatic carbocycles. The second-order valence-corrected chi connectivity index (χ2v) is 5.87. The smallest absolute Gasteiger partial charge is 0.146 e. The topological polar surface area (TPSA) is 48.1 Å². The highest BCUT2D eigenvalue weighted by Gasteiger charge is 2.06. The second kappa shape index (κ2) is 7.07. The number of aromatic nitrogens is 1. The lowest BCUT2D eigenvalue weighted by molar-refractivity contribution is 0.476. The molecule has 1 heterocycles. The van der Waals surface area contributed by atoms with E-state index < -0.39 is 0 Å². The van der Waals surface area contributed by atoms with E-state index in [1.165, 1.54) is 0 Å². The van der Waals surface area contributed by atoms with Gasteiger partial charge in [-0.05, 0) is 58.6 Å². The molecule has 3 nitrogen and oxygen atoms in total. The van der Waals surface area contributed by atoms with E-state index in [9.17, 15) is 0 Å². The van der Waals surface area contributed by atoms with E-state index >= 15 is 0 Å². The van der Waals surface area contributed by atoms with Gasteiger partial charge in [-0.25, -0.2) is 0 Å². The van der Waals surface area contributed by atoms with Crippen molar-refractivity contribution in [2.75, 3.05) is 0 Å². The van der Waals surface area contributed by atoms with Crippen LogP contribution in [0.25, 0.3) is 0 Å². The summed E-state index contributed by atoms with van der Waals surface area (Å²) in [5.41, 5.74) is 7.03. The van der Waals surface area contributed by atoms with Crippen LogP contribution in [0.4, 0.5) is 0 Å². The molecule has 2 rings (SSSR count). The van der Waals surface area contributed by atoms with Crippen molar-refractivity contribution in [2.24, 2.45) is 5.73 Å². The second-order valence-electron chi connectivity index (χ2n) is 4.58. The molecule has 1 atom stereocenters. The largest absolute Gasteiger partial charge is 0.455 e. The number of hydrogen-bond donors (Lipinski definition) is 1. The molecule has 0 saturated heterocycles. The van der Waals surface area contributed by atoms with Crippen molar-refractivity contribution < 1.29 is 4.74 Å². The lowest BCUT2D eigenvalue weighted by Gasteiger charge is -2.11. The van der Waals surface area contributed by atoms with Gasteiger partial charge in [-0.15, -0.1) is 0 Å². The van der Waals surface area contributed by atoms with E-state index in [1.54, 1.807) is 18.3 Å². The lowest BCUT2D eigenvalue weighted by atomic mass is 10.1. The highest BCUT2D eigenvalue weighted by molar-refractivity contribution is 9.10. The molecule has 20 heavy (non-hydrogen) atoms. The predicted molar refractivity (Wildman–Crippen MR) is 85.4 cm³/mol. The quantitative estimate of drug-likeness (QED) is 0.854. The number of benzene rings is 1. The first kappa shape index (κ1) is 15.3. The molecule has 0 spiro atoms. The lowest BCUT2D eigenvalue weighted by Crippen LogP contribution is -2.21. The van der Waals surface area contributed by atoms with Crippen molar-refractivity contribution in [3.8, 4) is 11.5 Å². The van der Waals surface area contributed by atoms with E-state index in [2.05, 4.69) is 27.8 Å². The van der Waals surface area contributed by atoms with Crippen molar-refractivity contribution in [2.45, 2.75) is 25.8 Å². The molecule has 0 aliphatic heterocycles. The number of hydrogen-bond acceptors (Lipinski definition) is 3. The Hall–Kier alpha value is -1.10. The van der Waals surface area contributed by atoms with Crippen molar-refractivity contribution in [3.63, 3.8) is 0 Å². The molecule has 5 heteroatoms. The summed E-state index contributed by atoms with van der Waals surface area (Å²) in [4.78, 5) is 4.19. The SMILES string of the molecule is CCC(N)Cc1cncc(Oc2ccc(Cl)cc2Br)c1. The normalized spacial score (nSPS) is 12.2. The third-order valence-corrected chi connectivity index (χ3v) is 3.77. The maximum atomic E-state index is 5.96.